The average molecular weight is 393 g/mol. The van der Waals surface area contributed by atoms with Crippen LogP contribution < -0.4 is 11.1 Å². The molecule has 0 aliphatic heterocycles. The predicted molar refractivity (Wildman–Crippen MR) is 103 cm³/mol. The number of carbonyl (C=O) groups is 2. The van der Waals surface area contributed by atoms with Gasteiger partial charge in [0.05, 0.1) is 12.3 Å². The summed E-state index contributed by atoms with van der Waals surface area (Å²) in [6.07, 6.45) is 4.25. The highest BCUT2D eigenvalue weighted by Crippen LogP contribution is 2.18. The molecule has 0 unspecified atom stereocenters. The lowest BCUT2D eigenvalue weighted by atomic mass is 10.0. The second-order valence-electron chi connectivity index (χ2n) is 6.27. The molecular weight excluding hydrogens is 369 g/mol. The molecule has 0 atom stereocenters. The molecule has 27 heavy (non-hydrogen) atoms. The Morgan fingerprint density at radius 3 is 2.78 bits per heavy atom. The molecule has 6 nitrogen and oxygen atoms in total. The van der Waals surface area contributed by atoms with Crippen LogP contribution in [0.1, 0.15) is 43.0 Å². The highest BCUT2D eigenvalue weighted by atomic mass is 32.1. The molecule has 0 spiro atoms. The van der Waals surface area contributed by atoms with E-state index >= 15 is 0 Å². The first kappa shape index (κ1) is 21.0. The summed E-state index contributed by atoms with van der Waals surface area (Å²) in [5.41, 5.74) is 7.45. The first-order valence-corrected chi connectivity index (χ1v) is 9.67. The fourth-order valence-corrected chi connectivity index (χ4v) is 3.40. The van der Waals surface area contributed by atoms with E-state index in [0.717, 1.165) is 36.9 Å². The Labute approximate surface area is 161 Å². The Morgan fingerprint density at radius 2 is 2.04 bits per heavy atom. The van der Waals surface area contributed by atoms with Crippen LogP contribution in [0, 0.1) is 5.82 Å². The van der Waals surface area contributed by atoms with E-state index in [4.69, 9.17) is 10.5 Å². The summed E-state index contributed by atoms with van der Waals surface area (Å²) in [4.78, 5) is 26.0. The number of thiazole rings is 1. The number of hydrogen-bond acceptors (Lipinski definition) is 5. The lowest BCUT2D eigenvalue weighted by molar-refractivity contribution is -0.122. The van der Waals surface area contributed by atoms with Gasteiger partial charge in [-0.1, -0.05) is 18.6 Å². The first-order valence-electron chi connectivity index (χ1n) is 8.79. The van der Waals surface area contributed by atoms with E-state index in [2.05, 4.69) is 10.3 Å². The number of rotatable bonds is 11. The Kier molecular flexibility index (Phi) is 8.35. The number of nitrogens with zero attached hydrogens (tertiary/aromatic N) is 1. The molecular formula is C19H24FN3O3S. The fourth-order valence-electron chi connectivity index (χ4n) is 2.61. The third-order valence-electron chi connectivity index (χ3n) is 3.84. The number of aromatic nitrogens is 1. The van der Waals surface area contributed by atoms with Crippen molar-refractivity contribution in [2.45, 2.75) is 45.6 Å². The number of benzene rings is 1. The molecule has 3 N–H and O–H groups in total. The maximum atomic E-state index is 13.9. The van der Waals surface area contributed by atoms with Crippen molar-refractivity contribution in [1.82, 2.24) is 4.98 Å². The molecule has 0 bridgehead atoms. The van der Waals surface area contributed by atoms with Gasteiger partial charge in [-0.3, -0.25) is 9.59 Å². The molecule has 0 aliphatic carbocycles. The lowest BCUT2D eigenvalue weighted by Crippen LogP contribution is -2.17. The maximum absolute atomic E-state index is 13.9. The van der Waals surface area contributed by atoms with Gasteiger partial charge in [0.2, 0.25) is 11.8 Å². The second-order valence-corrected chi connectivity index (χ2v) is 7.13. The zero-order valence-corrected chi connectivity index (χ0v) is 16.1. The van der Waals surface area contributed by atoms with E-state index in [1.807, 2.05) is 5.38 Å². The summed E-state index contributed by atoms with van der Waals surface area (Å²) >= 11 is 1.42. The molecule has 2 rings (SSSR count). The summed E-state index contributed by atoms with van der Waals surface area (Å²) in [7, 11) is 0. The summed E-state index contributed by atoms with van der Waals surface area (Å²) < 4.78 is 19.1. The molecule has 0 fully saturated rings. The van der Waals surface area contributed by atoms with Crippen molar-refractivity contribution < 1.29 is 18.7 Å². The Balaban J connectivity index is 1.72. The van der Waals surface area contributed by atoms with Crippen LogP contribution in [-0.2, 0) is 33.8 Å². The van der Waals surface area contributed by atoms with Gasteiger partial charge in [0.1, 0.15) is 12.4 Å². The number of hydrogen-bond donors (Lipinski definition) is 2. The monoisotopic (exact) mass is 393 g/mol. The Bertz CT molecular complexity index is 779. The van der Waals surface area contributed by atoms with Gasteiger partial charge in [-0.2, -0.15) is 0 Å². The number of nitrogens with one attached hydrogen (secondary N) is 1. The first-order chi connectivity index (χ1) is 12.9. The van der Waals surface area contributed by atoms with Crippen LogP contribution in [-0.4, -0.2) is 23.4 Å². The zero-order valence-electron chi connectivity index (χ0n) is 15.3. The molecule has 2 aromatic rings. The van der Waals surface area contributed by atoms with Crippen LogP contribution in [0.25, 0.3) is 0 Å². The number of unbranched alkanes of at least 4 members (excludes halogenated alkanes) is 2. The fraction of sp³-hybridized carbons (Fsp3) is 0.421. The molecule has 8 heteroatoms. The normalized spacial score (nSPS) is 10.7. The van der Waals surface area contributed by atoms with E-state index in [-0.39, 0.29) is 24.9 Å². The van der Waals surface area contributed by atoms with E-state index in [9.17, 15) is 14.0 Å². The lowest BCUT2D eigenvalue weighted by Gasteiger charge is -2.07. The van der Waals surface area contributed by atoms with Crippen molar-refractivity contribution in [3.05, 3.63) is 46.2 Å². The van der Waals surface area contributed by atoms with Crippen LogP contribution in [0.2, 0.25) is 0 Å². The second kappa shape index (κ2) is 10.7. The number of ether oxygens (including phenoxy) is 1. The predicted octanol–water partition coefficient (Wildman–Crippen LogP) is 3.20. The molecule has 146 valence electrons. The largest absolute Gasteiger partial charge is 0.368 e. The number of halogens is 1. The summed E-state index contributed by atoms with van der Waals surface area (Å²) in [5, 5.41) is 5.24. The molecule has 1 heterocycles. The van der Waals surface area contributed by atoms with Gasteiger partial charge in [0.25, 0.3) is 0 Å². The maximum Gasteiger partial charge on any atom is 0.243 e. The molecule has 0 aliphatic rings. The number of carbonyl (C=O) groups excluding carboxylic acids is 2. The molecule has 0 radical (unpaired) electrons. The van der Waals surface area contributed by atoms with Crippen molar-refractivity contribution in [3.63, 3.8) is 0 Å². The van der Waals surface area contributed by atoms with Crippen molar-refractivity contribution in [1.29, 1.82) is 0 Å². The van der Waals surface area contributed by atoms with Crippen molar-refractivity contribution >= 4 is 28.3 Å². The Morgan fingerprint density at radius 1 is 1.26 bits per heavy atom. The minimum atomic E-state index is -0.526. The topological polar surface area (TPSA) is 94.3 Å². The van der Waals surface area contributed by atoms with Crippen LogP contribution >= 0.6 is 11.3 Å². The smallest absolute Gasteiger partial charge is 0.243 e. The quantitative estimate of drug-likeness (QED) is 0.573. The molecule has 0 saturated heterocycles. The molecule has 0 saturated carbocycles. The van der Waals surface area contributed by atoms with Gasteiger partial charge in [0.15, 0.2) is 5.13 Å². The van der Waals surface area contributed by atoms with Gasteiger partial charge in [0, 0.05) is 12.3 Å². The van der Waals surface area contributed by atoms with Gasteiger partial charge < -0.3 is 15.8 Å². The third-order valence-corrected chi connectivity index (χ3v) is 4.64. The van der Waals surface area contributed by atoms with Crippen molar-refractivity contribution in [2.24, 2.45) is 5.73 Å². The minimum absolute atomic E-state index is 0.125. The van der Waals surface area contributed by atoms with Crippen LogP contribution in [0.3, 0.4) is 0 Å². The summed E-state index contributed by atoms with van der Waals surface area (Å²) in [5.74, 6) is -0.880. The van der Waals surface area contributed by atoms with Crippen LogP contribution in [0.4, 0.5) is 9.52 Å². The van der Waals surface area contributed by atoms with E-state index in [1.165, 1.54) is 24.3 Å². The highest BCUT2D eigenvalue weighted by molar-refractivity contribution is 7.13. The number of primary amides is 1. The van der Waals surface area contributed by atoms with Gasteiger partial charge in [-0.25, -0.2) is 9.37 Å². The highest BCUT2D eigenvalue weighted by Gasteiger charge is 2.06. The number of anilines is 1. The number of amides is 2. The molecule has 2 amide bonds. The van der Waals surface area contributed by atoms with E-state index in [0.29, 0.717) is 17.1 Å². The van der Waals surface area contributed by atoms with Gasteiger partial charge >= 0.3 is 0 Å². The third kappa shape index (κ3) is 7.84. The van der Waals surface area contributed by atoms with Crippen molar-refractivity contribution in [2.75, 3.05) is 11.9 Å². The standard InChI is InChI=1S/C19H24FN3O3S/c1-13(24)22-19-23-16(12-27-19)6-4-2-3-5-15-9-14(7-8-17(15)20)10-26-11-18(21)25/h7-9,12H,2-6,10-11H2,1H3,(H2,21,25)(H,22,23,24). The number of nitrogens with two attached hydrogens (primary N) is 1. The number of aryl methyl sites for hydroxylation is 2. The van der Waals surface area contributed by atoms with E-state index in [1.54, 1.807) is 12.1 Å². The van der Waals surface area contributed by atoms with Crippen LogP contribution in [0.15, 0.2) is 23.6 Å². The van der Waals surface area contributed by atoms with Gasteiger partial charge in [-0.15, -0.1) is 11.3 Å². The zero-order chi connectivity index (χ0) is 19.6. The van der Waals surface area contributed by atoms with Crippen LogP contribution in [0.5, 0.6) is 0 Å². The average Bonchev–Trinajstić information content (AvgIpc) is 3.03. The SMILES string of the molecule is CC(=O)Nc1nc(CCCCCc2cc(COCC(N)=O)ccc2F)cs1. The Hall–Kier alpha value is -2.32. The van der Waals surface area contributed by atoms with Gasteiger partial charge in [-0.05, 0) is 42.9 Å². The molecule has 1 aromatic heterocycles. The minimum Gasteiger partial charge on any atom is -0.368 e. The summed E-state index contributed by atoms with van der Waals surface area (Å²) in [6, 6.07) is 4.85. The van der Waals surface area contributed by atoms with E-state index < -0.39 is 5.91 Å². The van der Waals surface area contributed by atoms with Crippen molar-refractivity contribution in [3.8, 4) is 0 Å². The summed E-state index contributed by atoms with van der Waals surface area (Å²) in [6.45, 7) is 1.54. The molecule has 1 aromatic carbocycles.